The summed E-state index contributed by atoms with van der Waals surface area (Å²) in [6, 6.07) is 20.1. The Balaban J connectivity index is 1.14. The van der Waals surface area contributed by atoms with Crippen molar-refractivity contribution in [3.8, 4) is 0 Å². The maximum atomic E-state index is 12.5. The summed E-state index contributed by atoms with van der Waals surface area (Å²) in [7, 11) is 0. The van der Waals surface area contributed by atoms with Gasteiger partial charge in [0, 0.05) is 61.4 Å². The molecule has 2 aromatic carbocycles. The zero-order valence-electron chi connectivity index (χ0n) is 20.5. The number of aryl methyl sites for hydroxylation is 1. The molecule has 2 aliphatic rings. The molecule has 1 saturated heterocycles. The number of carbonyl (C=O) groups excluding carboxylic acids is 1. The lowest BCUT2D eigenvalue weighted by Gasteiger charge is -2.36. The van der Waals surface area contributed by atoms with Gasteiger partial charge in [-0.05, 0) is 61.9 Å². The van der Waals surface area contributed by atoms with E-state index in [1.54, 1.807) is 0 Å². The van der Waals surface area contributed by atoms with E-state index in [1.165, 1.54) is 24.1 Å². The van der Waals surface area contributed by atoms with Gasteiger partial charge in [0.25, 0.3) is 5.91 Å². The lowest BCUT2D eigenvalue weighted by atomic mass is 9.98. The molecule has 1 aliphatic heterocycles. The molecule has 6 nitrogen and oxygen atoms in total. The number of aromatic nitrogens is 2. The van der Waals surface area contributed by atoms with Crippen LogP contribution in [-0.2, 0) is 6.54 Å². The second-order valence-corrected chi connectivity index (χ2v) is 9.98. The third-order valence-electron chi connectivity index (χ3n) is 7.55. The van der Waals surface area contributed by atoms with E-state index < -0.39 is 0 Å². The number of hydrogen-bond acceptors (Lipinski definition) is 4. The standard InChI is InChI=1S/C29H37N5O/c35-29(32-25-8-4-5-9-25)24-10-12-27(13-11-24)34-19-14-26(15-20-34)31-28(23-6-2-1-3-7-23)16-18-33-21-17-30-22-33/h1-3,6-7,10-13,17,21-22,25-26,28,31H,4-5,8-9,14-16,18-20H2,(H,32,35)/t28-/m0/s1. The van der Waals surface area contributed by atoms with Crippen LogP contribution in [0, 0.1) is 0 Å². The van der Waals surface area contributed by atoms with Crippen LogP contribution in [0.4, 0.5) is 5.69 Å². The summed E-state index contributed by atoms with van der Waals surface area (Å²) < 4.78 is 2.15. The summed E-state index contributed by atoms with van der Waals surface area (Å²) in [5.74, 6) is 0.0639. The third kappa shape index (κ3) is 6.31. The summed E-state index contributed by atoms with van der Waals surface area (Å²) in [6.45, 7) is 2.99. The Morgan fingerprint density at radius 1 is 0.943 bits per heavy atom. The van der Waals surface area contributed by atoms with Gasteiger partial charge in [-0.15, -0.1) is 0 Å². The molecule has 35 heavy (non-hydrogen) atoms. The summed E-state index contributed by atoms with van der Waals surface area (Å²) >= 11 is 0. The van der Waals surface area contributed by atoms with Gasteiger partial charge >= 0.3 is 0 Å². The first-order chi connectivity index (χ1) is 17.2. The second kappa shape index (κ2) is 11.5. The molecule has 0 unspecified atom stereocenters. The van der Waals surface area contributed by atoms with E-state index in [-0.39, 0.29) is 5.91 Å². The fourth-order valence-corrected chi connectivity index (χ4v) is 5.48. The Bertz CT molecular complexity index is 1040. The zero-order valence-corrected chi connectivity index (χ0v) is 20.5. The molecule has 1 aromatic heterocycles. The minimum absolute atomic E-state index is 0.0639. The fraction of sp³-hybridized carbons (Fsp3) is 0.448. The van der Waals surface area contributed by atoms with Gasteiger partial charge in [0.05, 0.1) is 6.33 Å². The monoisotopic (exact) mass is 471 g/mol. The smallest absolute Gasteiger partial charge is 0.251 e. The Kier molecular flexibility index (Phi) is 7.79. The van der Waals surface area contributed by atoms with Crippen molar-refractivity contribution in [2.24, 2.45) is 0 Å². The van der Waals surface area contributed by atoms with Crippen LogP contribution in [0.3, 0.4) is 0 Å². The molecule has 1 aliphatic carbocycles. The highest BCUT2D eigenvalue weighted by molar-refractivity contribution is 5.94. The number of anilines is 1. The van der Waals surface area contributed by atoms with Gasteiger partial charge in [-0.25, -0.2) is 4.98 Å². The van der Waals surface area contributed by atoms with Gasteiger partial charge in [-0.3, -0.25) is 4.79 Å². The van der Waals surface area contributed by atoms with Gasteiger partial charge in [0.1, 0.15) is 0 Å². The van der Waals surface area contributed by atoms with E-state index in [0.717, 1.165) is 57.3 Å². The number of hydrogen-bond donors (Lipinski definition) is 2. The molecule has 1 saturated carbocycles. The Morgan fingerprint density at radius 3 is 2.37 bits per heavy atom. The van der Waals surface area contributed by atoms with E-state index in [0.29, 0.717) is 18.1 Å². The number of nitrogens with one attached hydrogen (secondary N) is 2. The number of amides is 1. The van der Waals surface area contributed by atoms with E-state index in [4.69, 9.17) is 0 Å². The molecular weight excluding hydrogens is 434 g/mol. The van der Waals surface area contributed by atoms with Crippen molar-refractivity contribution in [2.75, 3.05) is 18.0 Å². The molecule has 1 atom stereocenters. The number of piperidine rings is 1. The van der Waals surface area contributed by atoms with E-state index in [1.807, 2.05) is 30.9 Å². The maximum Gasteiger partial charge on any atom is 0.251 e. The van der Waals surface area contributed by atoms with Crippen LogP contribution in [0.2, 0.25) is 0 Å². The van der Waals surface area contributed by atoms with E-state index in [9.17, 15) is 4.79 Å². The number of benzene rings is 2. The summed E-state index contributed by atoms with van der Waals surface area (Å²) in [5, 5.41) is 7.14. The number of nitrogens with zero attached hydrogens (tertiary/aromatic N) is 3. The van der Waals surface area contributed by atoms with Crippen molar-refractivity contribution in [2.45, 2.75) is 69.6 Å². The van der Waals surface area contributed by atoms with Crippen molar-refractivity contribution >= 4 is 11.6 Å². The van der Waals surface area contributed by atoms with E-state index in [2.05, 4.69) is 67.5 Å². The Hall–Kier alpha value is -3.12. The normalized spacial score (nSPS) is 18.0. The molecule has 3 aromatic rings. The predicted molar refractivity (Wildman–Crippen MR) is 141 cm³/mol. The van der Waals surface area contributed by atoms with Crippen LogP contribution in [0.25, 0.3) is 0 Å². The SMILES string of the molecule is O=C(NC1CCCC1)c1ccc(N2CCC(N[C@@H](CCn3ccnc3)c3ccccc3)CC2)cc1. The van der Waals surface area contributed by atoms with Crippen LogP contribution in [0.5, 0.6) is 0 Å². The predicted octanol–water partition coefficient (Wildman–Crippen LogP) is 4.95. The minimum Gasteiger partial charge on any atom is -0.371 e. The van der Waals surface area contributed by atoms with Crippen LogP contribution < -0.4 is 15.5 Å². The fourth-order valence-electron chi connectivity index (χ4n) is 5.48. The van der Waals surface area contributed by atoms with Gasteiger partial charge < -0.3 is 20.1 Å². The Morgan fingerprint density at radius 2 is 1.69 bits per heavy atom. The minimum atomic E-state index is 0.0639. The lowest BCUT2D eigenvalue weighted by Crippen LogP contribution is -2.44. The first-order valence-corrected chi connectivity index (χ1v) is 13.2. The van der Waals surface area contributed by atoms with Gasteiger partial charge in [0.15, 0.2) is 0 Å². The molecule has 2 fully saturated rings. The highest BCUT2D eigenvalue weighted by atomic mass is 16.1. The number of imidazole rings is 1. The zero-order chi connectivity index (χ0) is 23.9. The maximum absolute atomic E-state index is 12.5. The van der Waals surface area contributed by atoms with Crippen molar-refractivity contribution in [1.82, 2.24) is 20.2 Å². The molecule has 1 amide bonds. The average molecular weight is 472 g/mol. The highest BCUT2D eigenvalue weighted by Gasteiger charge is 2.23. The Labute approximate surface area is 208 Å². The van der Waals surface area contributed by atoms with Crippen LogP contribution in [0.1, 0.15) is 66.9 Å². The molecule has 5 rings (SSSR count). The number of carbonyl (C=O) groups is 1. The molecule has 6 heteroatoms. The molecule has 2 N–H and O–H groups in total. The van der Waals surface area contributed by atoms with Gasteiger partial charge in [-0.2, -0.15) is 0 Å². The van der Waals surface area contributed by atoms with Crippen molar-refractivity contribution in [1.29, 1.82) is 0 Å². The van der Waals surface area contributed by atoms with Crippen molar-refractivity contribution in [3.63, 3.8) is 0 Å². The number of rotatable bonds is 9. The molecule has 0 bridgehead atoms. The summed E-state index contributed by atoms with van der Waals surface area (Å²) in [4.78, 5) is 19.2. The quantitative estimate of drug-likeness (QED) is 0.464. The van der Waals surface area contributed by atoms with E-state index >= 15 is 0 Å². The van der Waals surface area contributed by atoms with Crippen molar-refractivity contribution in [3.05, 3.63) is 84.4 Å². The van der Waals surface area contributed by atoms with Crippen LogP contribution >= 0.6 is 0 Å². The second-order valence-electron chi connectivity index (χ2n) is 9.98. The van der Waals surface area contributed by atoms with Gasteiger partial charge in [0.2, 0.25) is 0 Å². The van der Waals surface area contributed by atoms with Crippen molar-refractivity contribution < 1.29 is 4.79 Å². The largest absolute Gasteiger partial charge is 0.371 e. The van der Waals surface area contributed by atoms with Crippen LogP contribution in [0.15, 0.2) is 73.3 Å². The first kappa shape index (κ1) is 23.6. The highest BCUT2D eigenvalue weighted by Crippen LogP contribution is 2.25. The average Bonchev–Trinajstić information content (AvgIpc) is 3.62. The molecule has 0 radical (unpaired) electrons. The molecule has 0 spiro atoms. The summed E-state index contributed by atoms with van der Waals surface area (Å²) in [5.41, 5.74) is 3.32. The topological polar surface area (TPSA) is 62.2 Å². The molecule has 2 heterocycles. The molecule has 184 valence electrons. The third-order valence-corrected chi connectivity index (χ3v) is 7.55. The molecular formula is C29H37N5O. The first-order valence-electron chi connectivity index (χ1n) is 13.2. The van der Waals surface area contributed by atoms with Crippen LogP contribution in [-0.4, -0.2) is 40.6 Å². The van der Waals surface area contributed by atoms with Gasteiger partial charge in [-0.1, -0.05) is 43.2 Å². The lowest BCUT2D eigenvalue weighted by molar-refractivity contribution is 0.0938. The summed E-state index contributed by atoms with van der Waals surface area (Å²) in [6.07, 6.45) is 13.7.